The van der Waals surface area contributed by atoms with E-state index in [0.717, 1.165) is 19.4 Å². The largest absolute Gasteiger partial charge is 0.429 e. The molecule has 1 aromatic rings. The molecule has 0 aromatic heterocycles. The molecule has 0 radical (unpaired) electrons. The van der Waals surface area contributed by atoms with Crippen LogP contribution in [0.1, 0.15) is 29.8 Å². The third-order valence-corrected chi connectivity index (χ3v) is 3.67. The van der Waals surface area contributed by atoms with E-state index in [0.29, 0.717) is 0 Å². The molecule has 1 aliphatic rings. The Hall–Kier alpha value is -2.64. The molecule has 2 rings (SSSR count). The number of hydrogen-bond donors (Lipinski definition) is 1. The number of carbonyl (C=O) groups excluding carboxylic acids is 3. The minimum absolute atomic E-state index is 0.0792. The molecule has 128 valence electrons. The number of cyclic esters (lactones) is 1. The summed E-state index contributed by atoms with van der Waals surface area (Å²) in [5, 5.41) is 1.66. The van der Waals surface area contributed by atoms with Crippen LogP contribution >= 0.6 is 0 Å². The number of nitrogens with one attached hydrogen (secondary N) is 1. The second kappa shape index (κ2) is 5.77. The van der Waals surface area contributed by atoms with Gasteiger partial charge in [0.2, 0.25) is 0 Å². The van der Waals surface area contributed by atoms with Crippen LogP contribution in [0.2, 0.25) is 0 Å². The van der Waals surface area contributed by atoms with Gasteiger partial charge in [-0.1, -0.05) is 17.7 Å². The monoisotopic (exact) mass is 341 g/mol. The quantitative estimate of drug-likeness (QED) is 0.857. The molecule has 24 heavy (non-hydrogen) atoms. The average Bonchev–Trinajstić information content (AvgIpc) is 2.70. The number of esters is 1. The van der Waals surface area contributed by atoms with E-state index in [9.17, 15) is 27.6 Å². The molecular weight excluding hydrogens is 327 g/mol. The van der Waals surface area contributed by atoms with Crippen LogP contribution in [0.25, 0.3) is 0 Å². The molecule has 0 aliphatic carbocycles. The van der Waals surface area contributed by atoms with Crippen molar-refractivity contribution in [2.45, 2.75) is 32.5 Å². The van der Waals surface area contributed by atoms with E-state index in [-0.39, 0.29) is 5.56 Å². The van der Waals surface area contributed by atoms with Crippen LogP contribution in [0, 0.1) is 6.92 Å². The van der Waals surface area contributed by atoms with Gasteiger partial charge in [-0.05, 0) is 32.9 Å². The topological polar surface area (TPSA) is 72.5 Å². The average molecular weight is 341 g/mol. The van der Waals surface area contributed by atoms with Crippen molar-refractivity contribution in [2.24, 2.45) is 0 Å². The Morgan fingerprint density at radius 3 is 2.12 bits per heavy atom. The van der Waals surface area contributed by atoms with Crippen LogP contribution in [0.5, 0.6) is 0 Å². The van der Waals surface area contributed by atoms with Gasteiger partial charge in [0.1, 0.15) is 5.76 Å². The number of rotatable bonds is 3. The summed E-state index contributed by atoms with van der Waals surface area (Å²) >= 11 is 0. The number of allylic oxidation sites excluding steroid dienone is 1. The molecule has 0 saturated heterocycles. The van der Waals surface area contributed by atoms with Crippen LogP contribution < -0.4 is 5.32 Å². The van der Waals surface area contributed by atoms with Crippen LogP contribution in [-0.4, -0.2) is 29.4 Å². The molecule has 5 nitrogen and oxygen atoms in total. The van der Waals surface area contributed by atoms with Crippen molar-refractivity contribution in [1.82, 2.24) is 5.32 Å². The van der Waals surface area contributed by atoms with Crippen LogP contribution in [0.4, 0.5) is 13.2 Å². The van der Waals surface area contributed by atoms with Crippen LogP contribution in [0.15, 0.2) is 35.6 Å². The zero-order valence-corrected chi connectivity index (χ0v) is 13.1. The van der Waals surface area contributed by atoms with Gasteiger partial charge < -0.3 is 10.1 Å². The molecule has 0 fully saturated rings. The first-order valence-electron chi connectivity index (χ1n) is 6.91. The number of hydrogen-bond acceptors (Lipinski definition) is 4. The van der Waals surface area contributed by atoms with Gasteiger partial charge in [0.15, 0.2) is 5.78 Å². The minimum Gasteiger partial charge on any atom is -0.429 e. The normalized spacial score (nSPS) is 20.8. The van der Waals surface area contributed by atoms with E-state index in [1.54, 1.807) is 12.2 Å². The van der Waals surface area contributed by atoms with Gasteiger partial charge >= 0.3 is 12.1 Å². The Morgan fingerprint density at radius 1 is 1.12 bits per heavy atom. The van der Waals surface area contributed by atoms with Crippen molar-refractivity contribution in [3.05, 3.63) is 46.7 Å². The van der Waals surface area contributed by atoms with E-state index >= 15 is 0 Å². The molecule has 1 heterocycles. The van der Waals surface area contributed by atoms with Gasteiger partial charge in [-0.25, -0.2) is 4.79 Å². The number of ether oxygens (including phenoxy) is 1. The van der Waals surface area contributed by atoms with Crippen molar-refractivity contribution >= 4 is 17.7 Å². The van der Waals surface area contributed by atoms with E-state index in [2.05, 4.69) is 4.74 Å². The second-order valence-corrected chi connectivity index (χ2v) is 5.44. The van der Waals surface area contributed by atoms with Crippen molar-refractivity contribution in [2.75, 3.05) is 0 Å². The maximum absolute atomic E-state index is 13.7. The zero-order chi connectivity index (χ0) is 18.3. The lowest BCUT2D eigenvalue weighted by molar-refractivity contribution is -0.195. The van der Waals surface area contributed by atoms with Crippen LogP contribution in [-0.2, 0) is 14.3 Å². The Morgan fingerprint density at radius 2 is 1.67 bits per heavy atom. The highest BCUT2D eigenvalue weighted by atomic mass is 19.4. The highest BCUT2D eigenvalue weighted by molar-refractivity contribution is 6.10. The zero-order valence-electron chi connectivity index (χ0n) is 13.1. The van der Waals surface area contributed by atoms with Gasteiger partial charge in [-0.3, -0.25) is 9.59 Å². The lowest BCUT2D eigenvalue weighted by Gasteiger charge is -2.30. The highest BCUT2D eigenvalue weighted by Crippen LogP contribution is 2.43. The SMILES string of the molecule is CC(=O)C1=C(C)OC(=O)C1(NC(=O)c1ccc(C)cc1)C(F)(F)F. The Bertz CT molecular complexity index is 750. The number of benzene rings is 1. The third-order valence-electron chi connectivity index (χ3n) is 3.67. The maximum atomic E-state index is 13.7. The predicted octanol–water partition coefficient (Wildman–Crippen LogP) is 2.45. The van der Waals surface area contributed by atoms with Crippen LogP contribution in [0.3, 0.4) is 0 Å². The lowest BCUT2D eigenvalue weighted by Crippen LogP contribution is -2.64. The molecule has 1 N–H and O–H groups in total. The molecule has 1 aliphatic heterocycles. The third kappa shape index (κ3) is 2.68. The van der Waals surface area contributed by atoms with Gasteiger partial charge in [0, 0.05) is 5.56 Å². The summed E-state index contributed by atoms with van der Waals surface area (Å²) in [6.45, 7) is 3.69. The fraction of sp³-hybridized carbons (Fsp3) is 0.312. The molecule has 1 unspecified atom stereocenters. The first-order chi connectivity index (χ1) is 11.0. The summed E-state index contributed by atoms with van der Waals surface area (Å²) in [4.78, 5) is 35.9. The fourth-order valence-corrected chi connectivity index (χ4v) is 2.53. The van der Waals surface area contributed by atoms with E-state index in [1.807, 2.05) is 0 Å². The van der Waals surface area contributed by atoms with E-state index in [1.165, 1.54) is 24.3 Å². The number of aryl methyl sites for hydroxylation is 1. The molecule has 1 atom stereocenters. The second-order valence-electron chi connectivity index (χ2n) is 5.44. The molecule has 1 aromatic carbocycles. The Labute approximate surface area is 135 Å². The predicted molar refractivity (Wildman–Crippen MR) is 76.9 cm³/mol. The number of ketones is 1. The van der Waals surface area contributed by atoms with E-state index in [4.69, 9.17) is 0 Å². The number of carbonyl (C=O) groups is 3. The molecule has 0 saturated carbocycles. The number of alkyl halides is 3. The maximum Gasteiger partial charge on any atom is 0.427 e. The number of halogens is 3. The smallest absolute Gasteiger partial charge is 0.427 e. The summed E-state index contributed by atoms with van der Waals surface area (Å²) in [5.41, 5.74) is -3.70. The van der Waals surface area contributed by atoms with Crippen molar-refractivity contribution < 1.29 is 32.3 Å². The number of amides is 1. The summed E-state index contributed by atoms with van der Waals surface area (Å²) in [6.07, 6.45) is -5.25. The summed E-state index contributed by atoms with van der Waals surface area (Å²) < 4.78 is 45.6. The number of Topliss-reactive ketones (excluding diaryl/α,β-unsaturated/α-hetero) is 1. The van der Waals surface area contributed by atoms with Gasteiger partial charge in [0.05, 0.1) is 5.57 Å². The fourth-order valence-electron chi connectivity index (χ4n) is 2.53. The molecule has 0 spiro atoms. The molecule has 0 bridgehead atoms. The first kappa shape index (κ1) is 17.7. The summed E-state index contributed by atoms with van der Waals surface area (Å²) in [6, 6.07) is 5.71. The lowest BCUT2D eigenvalue weighted by atomic mass is 9.86. The first-order valence-corrected chi connectivity index (χ1v) is 6.91. The Kier molecular flexibility index (Phi) is 4.26. The minimum atomic E-state index is -5.25. The van der Waals surface area contributed by atoms with E-state index < -0.39 is 40.7 Å². The van der Waals surface area contributed by atoms with Gasteiger partial charge in [-0.2, -0.15) is 13.2 Å². The highest BCUT2D eigenvalue weighted by Gasteiger charge is 2.69. The standard InChI is InChI=1S/C16H14F3NO4/c1-8-4-6-11(7-5-8)13(22)20-15(16(17,18)19)12(9(2)21)10(3)24-14(15)23/h4-7H,1-3H3,(H,20,22). The molecule has 1 amide bonds. The van der Waals surface area contributed by atoms with Crippen molar-refractivity contribution in [3.63, 3.8) is 0 Å². The van der Waals surface area contributed by atoms with Crippen molar-refractivity contribution in [1.29, 1.82) is 0 Å². The van der Waals surface area contributed by atoms with Crippen molar-refractivity contribution in [3.8, 4) is 0 Å². The summed E-state index contributed by atoms with van der Waals surface area (Å²) in [5.74, 6) is -4.38. The molecule has 8 heteroatoms. The molecular formula is C16H14F3NO4. The summed E-state index contributed by atoms with van der Waals surface area (Å²) in [7, 11) is 0. The van der Waals surface area contributed by atoms with Gasteiger partial charge in [0.25, 0.3) is 11.4 Å². The Balaban J connectivity index is 2.54. The van der Waals surface area contributed by atoms with Gasteiger partial charge in [-0.15, -0.1) is 0 Å².